The van der Waals surface area contributed by atoms with Gasteiger partial charge in [-0.05, 0) is 45.5 Å². The summed E-state index contributed by atoms with van der Waals surface area (Å²) in [5.74, 6) is 1.82. The number of ether oxygens (including phenoxy) is 2. The van der Waals surface area contributed by atoms with Crippen LogP contribution in [0.1, 0.15) is 46.1 Å². The molecule has 0 fully saturated rings. The average Bonchev–Trinajstić information content (AvgIpc) is 2.83. The first kappa shape index (κ1) is 20.5. The Morgan fingerprint density at radius 3 is 2.59 bits per heavy atom. The van der Waals surface area contributed by atoms with Crippen LogP contribution in [0.5, 0.6) is 11.5 Å². The van der Waals surface area contributed by atoms with Gasteiger partial charge in [0, 0.05) is 18.9 Å². The van der Waals surface area contributed by atoms with Crippen LogP contribution in [0, 0.1) is 0 Å². The average molecular weight is 309 g/mol. The molecule has 1 aromatic carbocycles. The van der Waals surface area contributed by atoms with Crippen molar-refractivity contribution in [3.63, 3.8) is 0 Å². The molecule has 1 heterocycles. The minimum absolute atomic E-state index is 0.0608. The first-order chi connectivity index (χ1) is 10.5. The molecule has 0 saturated carbocycles. The highest BCUT2D eigenvalue weighted by atomic mass is 16.5. The monoisotopic (exact) mass is 309 g/mol. The van der Waals surface area contributed by atoms with Gasteiger partial charge >= 0.3 is 0 Å². The number of carbonyl (C=O) groups excluding carboxylic acids is 1. The second-order valence-corrected chi connectivity index (χ2v) is 5.42. The number of fused-ring (bicyclic) bond motifs is 1. The zero-order valence-corrected chi connectivity index (χ0v) is 14.9. The molecule has 0 bridgehead atoms. The Balaban J connectivity index is 0.000000421. The van der Waals surface area contributed by atoms with Crippen molar-refractivity contribution in [1.82, 2.24) is 5.32 Å². The zero-order chi connectivity index (χ0) is 17.0. The predicted molar refractivity (Wildman–Crippen MR) is 92.0 cm³/mol. The Morgan fingerprint density at radius 1 is 1.36 bits per heavy atom. The van der Waals surface area contributed by atoms with Crippen molar-refractivity contribution >= 4 is 6.29 Å². The van der Waals surface area contributed by atoms with Gasteiger partial charge in [-0.3, -0.25) is 0 Å². The van der Waals surface area contributed by atoms with E-state index in [1.54, 1.807) is 7.11 Å². The summed E-state index contributed by atoms with van der Waals surface area (Å²) in [6, 6.07) is 6.00. The third kappa shape index (κ3) is 7.46. The minimum atomic E-state index is -0.0608. The van der Waals surface area contributed by atoms with E-state index in [1.165, 1.54) is 5.56 Å². The number of nitrogens with one attached hydrogen (secondary N) is 1. The Hall–Kier alpha value is -1.55. The normalized spacial score (nSPS) is 13.5. The largest absolute Gasteiger partial charge is 0.497 e. The standard InChI is InChI=1S/C11H14O2.C5H11NO.C2H6/c1-11(2)7-8-4-5-9(12-3)6-10(8)13-11;1-6-4-2-3-5-7;1-2/h4-6H,7H2,1-3H3;5-6H,2-4H2,1H3;1-2H3. The lowest BCUT2D eigenvalue weighted by molar-refractivity contribution is -0.107. The molecule has 0 radical (unpaired) electrons. The molecule has 22 heavy (non-hydrogen) atoms. The molecule has 4 heteroatoms. The van der Waals surface area contributed by atoms with Gasteiger partial charge in [0.1, 0.15) is 23.4 Å². The maximum atomic E-state index is 9.65. The summed E-state index contributed by atoms with van der Waals surface area (Å²) in [4.78, 5) is 9.65. The van der Waals surface area contributed by atoms with E-state index in [1.807, 2.05) is 33.0 Å². The topological polar surface area (TPSA) is 47.6 Å². The van der Waals surface area contributed by atoms with Crippen molar-refractivity contribution in [1.29, 1.82) is 0 Å². The predicted octanol–water partition coefficient (Wildman–Crippen LogP) is 3.62. The third-order valence-corrected chi connectivity index (χ3v) is 3.03. The van der Waals surface area contributed by atoms with Gasteiger partial charge in [-0.1, -0.05) is 19.9 Å². The highest BCUT2D eigenvalue weighted by Crippen LogP contribution is 2.36. The fraction of sp³-hybridized carbons (Fsp3) is 0.611. The first-order valence-corrected chi connectivity index (χ1v) is 7.96. The van der Waals surface area contributed by atoms with Gasteiger partial charge in [0.15, 0.2) is 0 Å². The Morgan fingerprint density at radius 2 is 2.05 bits per heavy atom. The highest BCUT2D eigenvalue weighted by Gasteiger charge is 2.29. The van der Waals surface area contributed by atoms with Crippen molar-refractivity contribution < 1.29 is 14.3 Å². The van der Waals surface area contributed by atoms with E-state index in [2.05, 4.69) is 25.2 Å². The van der Waals surface area contributed by atoms with Crippen LogP contribution in [-0.4, -0.2) is 32.6 Å². The zero-order valence-electron chi connectivity index (χ0n) is 14.9. The molecule has 0 unspecified atom stereocenters. The first-order valence-electron chi connectivity index (χ1n) is 7.96. The molecule has 0 saturated heterocycles. The van der Waals surface area contributed by atoms with E-state index in [-0.39, 0.29) is 5.60 Å². The van der Waals surface area contributed by atoms with Crippen molar-refractivity contribution in [2.45, 2.75) is 52.6 Å². The summed E-state index contributed by atoms with van der Waals surface area (Å²) in [6.45, 7) is 9.14. The molecule has 126 valence electrons. The maximum Gasteiger partial charge on any atom is 0.127 e. The fourth-order valence-corrected chi connectivity index (χ4v) is 2.06. The maximum absolute atomic E-state index is 9.65. The number of unbranched alkanes of at least 4 members (excludes halogenated alkanes) is 1. The lowest BCUT2D eigenvalue weighted by Crippen LogP contribution is -2.24. The number of hydrogen-bond acceptors (Lipinski definition) is 4. The SMILES string of the molecule is CC.CNCCCC=O.COc1ccc2c(c1)OC(C)(C)C2. The van der Waals surface area contributed by atoms with Crippen LogP contribution < -0.4 is 14.8 Å². The minimum Gasteiger partial charge on any atom is -0.497 e. The summed E-state index contributed by atoms with van der Waals surface area (Å²) in [6.07, 6.45) is 3.56. The van der Waals surface area contributed by atoms with Crippen LogP contribution in [0.2, 0.25) is 0 Å². The number of carbonyl (C=O) groups is 1. The highest BCUT2D eigenvalue weighted by molar-refractivity contribution is 5.49. The lowest BCUT2D eigenvalue weighted by atomic mass is 10.0. The van der Waals surface area contributed by atoms with Crippen LogP contribution >= 0.6 is 0 Å². The summed E-state index contributed by atoms with van der Waals surface area (Å²) in [5, 5.41) is 2.94. The fourth-order valence-electron chi connectivity index (χ4n) is 2.06. The Kier molecular flexibility index (Phi) is 10.3. The van der Waals surface area contributed by atoms with E-state index in [4.69, 9.17) is 9.47 Å². The van der Waals surface area contributed by atoms with Crippen LogP contribution in [0.4, 0.5) is 0 Å². The third-order valence-electron chi connectivity index (χ3n) is 3.03. The molecule has 0 amide bonds. The summed E-state index contributed by atoms with van der Waals surface area (Å²) >= 11 is 0. The molecule has 0 aromatic heterocycles. The van der Waals surface area contributed by atoms with E-state index >= 15 is 0 Å². The molecular formula is C18H31NO3. The number of methoxy groups -OCH3 is 1. The Labute approximate surface area is 135 Å². The molecule has 1 aliphatic rings. The van der Waals surface area contributed by atoms with E-state index in [0.29, 0.717) is 6.42 Å². The summed E-state index contributed by atoms with van der Waals surface area (Å²) < 4.78 is 10.9. The van der Waals surface area contributed by atoms with Gasteiger partial charge in [-0.15, -0.1) is 0 Å². The van der Waals surface area contributed by atoms with Crippen LogP contribution in [0.25, 0.3) is 0 Å². The molecule has 0 spiro atoms. The molecule has 2 rings (SSSR count). The number of rotatable bonds is 5. The van der Waals surface area contributed by atoms with Crippen molar-refractivity contribution in [3.05, 3.63) is 23.8 Å². The van der Waals surface area contributed by atoms with Crippen LogP contribution in [0.15, 0.2) is 18.2 Å². The summed E-state index contributed by atoms with van der Waals surface area (Å²) in [5.41, 5.74) is 1.21. The number of aldehydes is 1. The second-order valence-electron chi connectivity index (χ2n) is 5.42. The molecule has 0 atom stereocenters. The smallest absolute Gasteiger partial charge is 0.127 e. The second kappa shape index (κ2) is 11.1. The van der Waals surface area contributed by atoms with Crippen molar-refractivity contribution in [2.75, 3.05) is 20.7 Å². The van der Waals surface area contributed by atoms with E-state index < -0.39 is 0 Å². The van der Waals surface area contributed by atoms with Gasteiger partial charge in [0.05, 0.1) is 7.11 Å². The molecular weight excluding hydrogens is 278 g/mol. The van der Waals surface area contributed by atoms with Gasteiger partial charge in [-0.2, -0.15) is 0 Å². The van der Waals surface area contributed by atoms with E-state index in [0.717, 1.165) is 37.2 Å². The van der Waals surface area contributed by atoms with Crippen LogP contribution in [-0.2, 0) is 11.2 Å². The van der Waals surface area contributed by atoms with E-state index in [9.17, 15) is 4.79 Å². The number of hydrogen-bond donors (Lipinski definition) is 1. The number of benzene rings is 1. The van der Waals surface area contributed by atoms with Crippen molar-refractivity contribution in [2.24, 2.45) is 0 Å². The molecule has 4 nitrogen and oxygen atoms in total. The van der Waals surface area contributed by atoms with Crippen molar-refractivity contribution in [3.8, 4) is 11.5 Å². The van der Waals surface area contributed by atoms with Gasteiger partial charge in [0.25, 0.3) is 0 Å². The molecule has 1 aromatic rings. The van der Waals surface area contributed by atoms with Crippen LogP contribution in [0.3, 0.4) is 0 Å². The Bertz CT molecular complexity index is 430. The van der Waals surface area contributed by atoms with Gasteiger partial charge < -0.3 is 19.6 Å². The lowest BCUT2D eigenvalue weighted by Gasteiger charge is -2.16. The summed E-state index contributed by atoms with van der Waals surface area (Å²) in [7, 11) is 3.55. The van der Waals surface area contributed by atoms with Gasteiger partial charge in [0.2, 0.25) is 0 Å². The molecule has 0 aliphatic carbocycles. The quantitative estimate of drug-likeness (QED) is 0.666. The molecule has 1 N–H and O–H groups in total. The molecule has 1 aliphatic heterocycles. The van der Waals surface area contributed by atoms with Gasteiger partial charge in [-0.25, -0.2) is 0 Å².